The first-order chi connectivity index (χ1) is 12.4. The van der Waals surface area contributed by atoms with Crippen LogP contribution in [0.5, 0.6) is 11.5 Å². The van der Waals surface area contributed by atoms with Gasteiger partial charge in [-0.05, 0) is 42.8 Å². The molecule has 0 fully saturated rings. The second kappa shape index (κ2) is 9.45. The molecule has 0 aliphatic heterocycles. The first kappa shape index (κ1) is 20.1. The van der Waals surface area contributed by atoms with Crippen molar-refractivity contribution in [3.8, 4) is 11.5 Å². The van der Waals surface area contributed by atoms with Crippen LogP contribution in [0.3, 0.4) is 0 Å². The minimum Gasteiger partial charge on any atom is -0.495 e. The fourth-order valence-corrected chi connectivity index (χ4v) is 2.81. The summed E-state index contributed by atoms with van der Waals surface area (Å²) in [5, 5.41) is 5.57. The van der Waals surface area contributed by atoms with E-state index in [0.29, 0.717) is 22.2 Å². The van der Waals surface area contributed by atoms with Crippen LogP contribution >= 0.6 is 27.5 Å². The van der Waals surface area contributed by atoms with E-state index in [-0.39, 0.29) is 19.1 Å². The maximum Gasteiger partial charge on any atom is 0.258 e. The molecule has 0 saturated carbocycles. The van der Waals surface area contributed by atoms with E-state index in [1.165, 1.54) is 7.11 Å². The molecule has 0 unspecified atom stereocenters. The molecule has 26 heavy (non-hydrogen) atoms. The normalized spacial score (nSPS) is 10.2. The van der Waals surface area contributed by atoms with Crippen molar-refractivity contribution in [1.82, 2.24) is 5.32 Å². The van der Waals surface area contributed by atoms with E-state index in [1.807, 2.05) is 13.0 Å². The van der Waals surface area contributed by atoms with Gasteiger partial charge in [-0.1, -0.05) is 33.6 Å². The molecule has 0 aliphatic rings. The number of hydrogen-bond acceptors (Lipinski definition) is 4. The maximum absolute atomic E-state index is 12.0. The van der Waals surface area contributed by atoms with Gasteiger partial charge < -0.3 is 20.1 Å². The van der Waals surface area contributed by atoms with E-state index in [2.05, 4.69) is 26.6 Å². The van der Waals surface area contributed by atoms with E-state index in [9.17, 15) is 9.59 Å². The van der Waals surface area contributed by atoms with Crippen LogP contribution in [0, 0.1) is 6.92 Å². The Morgan fingerprint density at radius 3 is 2.54 bits per heavy atom. The van der Waals surface area contributed by atoms with Gasteiger partial charge in [-0.2, -0.15) is 0 Å². The second-order valence-electron chi connectivity index (χ2n) is 5.39. The Bertz CT molecular complexity index is 814. The number of amides is 2. The van der Waals surface area contributed by atoms with Crippen molar-refractivity contribution < 1.29 is 19.1 Å². The van der Waals surface area contributed by atoms with Crippen LogP contribution in [0.15, 0.2) is 40.9 Å². The molecule has 2 rings (SSSR count). The van der Waals surface area contributed by atoms with Gasteiger partial charge in [0.25, 0.3) is 5.91 Å². The van der Waals surface area contributed by atoms with Crippen molar-refractivity contribution in [2.24, 2.45) is 0 Å². The van der Waals surface area contributed by atoms with Gasteiger partial charge in [0.1, 0.15) is 11.5 Å². The molecule has 0 radical (unpaired) electrons. The first-order valence-electron chi connectivity index (χ1n) is 7.68. The molecule has 2 amide bonds. The Morgan fingerprint density at radius 1 is 1.12 bits per heavy atom. The summed E-state index contributed by atoms with van der Waals surface area (Å²) in [6.07, 6.45) is 0. The number of ether oxygens (including phenoxy) is 2. The lowest BCUT2D eigenvalue weighted by Crippen LogP contribution is -2.35. The Labute approximate surface area is 164 Å². The smallest absolute Gasteiger partial charge is 0.258 e. The van der Waals surface area contributed by atoms with E-state index < -0.39 is 5.91 Å². The highest BCUT2D eigenvalue weighted by atomic mass is 79.9. The quantitative estimate of drug-likeness (QED) is 0.689. The summed E-state index contributed by atoms with van der Waals surface area (Å²) in [6, 6.07) is 10.5. The van der Waals surface area contributed by atoms with Gasteiger partial charge in [-0.3, -0.25) is 9.59 Å². The van der Waals surface area contributed by atoms with Crippen molar-refractivity contribution in [2.75, 3.05) is 25.6 Å². The predicted molar refractivity (Wildman–Crippen MR) is 104 cm³/mol. The van der Waals surface area contributed by atoms with Crippen molar-refractivity contribution in [3.63, 3.8) is 0 Å². The highest BCUT2D eigenvalue weighted by Gasteiger charge is 2.11. The van der Waals surface area contributed by atoms with Gasteiger partial charge in [0.15, 0.2) is 6.61 Å². The van der Waals surface area contributed by atoms with Crippen LogP contribution in [-0.2, 0) is 9.59 Å². The van der Waals surface area contributed by atoms with Gasteiger partial charge in [-0.15, -0.1) is 0 Å². The van der Waals surface area contributed by atoms with Gasteiger partial charge in [-0.25, -0.2) is 0 Å². The predicted octanol–water partition coefficient (Wildman–Crippen LogP) is 3.55. The molecule has 2 N–H and O–H groups in total. The topological polar surface area (TPSA) is 76.7 Å². The standard InChI is InChI=1S/C18H18BrClN2O4/c1-11-3-5-16(25-2)14(7-11)22-17(23)9-21-18(24)10-26-15-6-4-12(19)8-13(15)20/h3-8H,9-10H2,1-2H3,(H,21,24)(H,22,23). The van der Waals surface area contributed by atoms with Crippen LogP contribution in [-0.4, -0.2) is 32.1 Å². The highest BCUT2D eigenvalue weighted by molar-refractivity contribution is 9.10. The molecule has 0 aromatic heterocycles. The van der Waals surface area contributed by atoms with Crippen molar-refractivity contribution in [1.29, 1.82) is 0 Å². The number of halogens is 2. The van der Waals surface area contributed by atoms with Gasteiger partial charge >= 0.3 is 0 Å². The van der Waals surface area contributed by atoms with Crippen LogP contribution in [0.1, 0.15) is 5.56 Å². The van der Waals surface area contributed by atoms with Crippen LogP contribution in [0.2, 0.25) is 5.02 Å². The number of hydrogen-bond donors (Lipinski definition) is 2. The first-order valence-corrected chi connectivity index (χ1v) is 8.85. The summed E-state index contributed by atoms with van der Waals surface area (Å²) in [4.78, 5) is 23.8. The summed E-state index contributed by atoms with van der Waals surface area (Å²) < 4.78 is 11.3. The average molecular weight is 442 g/mol. The number of rotatable bonds is 7. The zero-order valence-corrected chi connectivity index (χ0v) is 16.6. The van der Waals surface area contributed by atoms with E-state index in [1.54, 1.807) is 30.3 Å². The monoisotopic (exact) mass is 440 g/mol. The minimum absolute atomic E-state index is 0.187. The fourth-order valence-electron chi connectivity index (χ4n) is 2.08. The van der Waals surface area contributed by atoms with E-state index >= 15 is 0 Å². The lowest BCUT2D eigenvalue weighted by atomic mass is 10.2. The summed E-state index contributed by atoms with van der Waals surface area (Å²) in [6.45, 7) is 1.47. The molecule has 2 aromatic rings. The molecular formula is C18H18BrClN2O4. The number of methoxy groups -OCH3 is 1. The summed E-state index contributed by atoms with van der Waals surface area (Å²) in [7, 11) is 1.52. The van der Waals surface area contributed by atoms with Crippen molar-refractivity contribution in [3.05, 3.63) is 51.5 Å². The minimum atomic E-state index is -0.435. The lowest BCUT2D eigenvalue weighted by Gasteiger charge is -2.12. The third-order valence-electron chi connectivity index (χ3n) is 3.33. The fraction of sp³-hybridized carbons (Fsp3) is 0.222. The number of carbonyl (C=O) groups excluding carboxylic acids is 2. The number of benzene rings is 2. The second-order valence-corrected chi connectivity index (χ2v) is 6.71. The SMILES string of the molecule is COc1ccc(C)cc1NC(=O)CNC(=O)COc1ccc(Br)cc1Cl. The Morgan fingerprint density at radius 2 is 1.85 bits per heavy atom. The number of carbonyl (C=O) groups is 2. The Hall–Kier alpha value is -2.25. The molecule has 0 saturated heterocycles. The van der Waals surface area contributed by atoms with Gasteiger partial charge in [0.2, 0.25) is 5.91 Å². The van der Waals surface area contributed by atoms with Gasteiger partial charge in [0, 0.05) is 4.47 Å². The largest absolute Gasteiger partial charge is 0.495 e. The van der Waals surface area contributed by atoms with E-state index in [4.69, 9.17) is 21.1 Å². The third-order valence-corrected chi connectivity index (χ3v) is 4.12. The van der Waals surface area contributed by atoms with Crippen LogP contribution in [0.4, 0.5) is 5.69 Å². The zero-order valence-electron chi connectivity index (χ0n) is 14.3. The van der Waals surface area contributed by atoms with E-state index in [0.717, 1.165) is 10.0 Å². The third kappa shape index (κ3) is 5.93. The summed E-state index contributed by atoms with van der Waals surface area (Å²) in [5.41, 5.74) is 1.52. The number of nitrogens with one attached hydrogen (secondary N) is 2. The highest BCUT2D eigenvalue weighted by Crippen LogP contribution is 2.27. The number of anilines is 1. The van der Waals surface area contributed by atoms with Crippen molar-refractivity contribution >= 4 is 45.0 Å². The molecule has 0 bridgehead atoms. The zero-order chi connectivity index (χ0) is 19.1. The molecule has 0 atom stereocenters. The Balaban J connectivity index is 1.81. The lowest BCUT2D eigenvalue weighted by molar-refractivity contribution is -0.125. The number of aryl methyl sites for hydroxylation is 1. The summed E-state index contributed by atoms with van der Waals surface area (Å²) >= 11 is 9.30. The molecule has 2 aromatic carbocycles. The van der Waals surface area contributed by atoms with Gasteiger partial charge in [0.05, 0.1) is 24.4 Å². The molecule has 138 valence electrons. The molecule has 8 heteroatoms. The Kier molecular flexibility index (Phi) is 7.29. The maximum atomic E-state index is 12.0. The molecular weight excluding hydrogens is 424 g/mol. The average Bonchev–Trinajstić information content (AvgIpc) is 2.59. The summed E-state index contributed by atoms with van der Waals surface area (Å²) in [5.74, 6) is 0.127. The van der Waals surface area contributed by atoms with Crippen LogP contribution in [0.25, 0.3) is 0 Å². The molecule has 6 nitrogen and oxygen atoms in total. The molecule has 0 heterocycles. The van der Waals surface area contributed by atoms with Crippen LogP contribution < -0.4 is 20.1 Å². The molecule has 0 spiro atoms. The molecule has 0 aliphatic carbocycles. The van der Waals surface area contributed by atoms with Crippen molar-refractivity contribution in [2.45, 2.75) is 6.92 Å².